The Bertz CT molecular complexity index is 581. The Morgan fingerprint density at radius 1 is 0.286 bits per heavy atom. The van der Waals surface area contributed by atoms with Gasteiger partial charge in [-0.2, -0.15) is 0 Å². The molecule has 0 bridgehead atoms. The normalized spacial score (nSPS) is 10.4. The monoisotopic (exact) mass is 600 g/mol. The van der Waals surface area contributed by atoms with Crippen molar-refractivity contribution in [3.05, 3.63) is 0 Å². The number of carbonyl (C=O) groups excluding carboxylic acids is 4. The third-order valence-corrected chi connectivity index (χ3v) is 6.89. The fourth-order valence-electron chi connectivity index (χ4n) is 4.20. The van der Waals surface area contributed by atoms with Crippen LogP contribution in [0.4, 0.5) is 0 Å². The first kappa shape index (κ1) is 42.0. The summed E-state index contributed by atoms with van der Waals surface area (Å²) in [6.07, 6.45) is 25.3. The Kier molecular flexibility index (Phi) is 35.1. The molecule has 0 spiro atoms. The lowest BCUT2D eigenvalue weighted by molar-refractivity contribution is -0.259. The van der Waals surface area contributed by atoms with E-state index in [0.29, 0.717) is 25.7 Å². The topological polar surface area (TPSA) is 105 Å². The number of hydrogen-bond acceptors (Lipinski definition) is 8. The average molecular weight is 601 g/mol. The van der Waals surface area contributed by atoms with Gasteiger partial charge in [0, 0.05) is 0 Å². The van der Waals surface area contributed by atoms with Gasteiger partial charge in [0.05, 0.1) is 25.7 Å². The maximum Gasteiger partial charge on any atom is 0.355 e. The minimum absolute atomic E-state index is 0.327. The Hall–Kier alpha value is -2.12. The molecule has 0 aliphatic heterocycles. The van der Waals surface area contributed by atoms with Gasteiger partial charge >= 0.3 is 23.9 Å². The number of unbranched alkanes of at least 4 members (excludes halogenated alkanes) is 18. The quantitative estimate of drug-likeness (QED) is 0.0548. The van der Waals surface area contributed by atoms with Crippen LogP contribution >= 0.6 is 0 Å². The van der Waals surface area contributed by atoms with Gasteiger partial charge in [0.15, 0.2) is 0 Å². The average Bonchev–Trinajstić information content (AvgIpc) is 2.98. The molecule has 0 aliphatic carbocycles. The zero-order valence-corrected chi connectivity index (χ0v) is 27.7. The summed E-state index contributed by atoms with van der Waals surface area (Å²) in [4.78, 5) is 63.4. The van der Waals surface area contributed by atoms with E-state index in [2.05, 4.69) is 47.2 Å². The predicted molar refractivity (Wildman–Crippen MR) is 167 cm³/mol. The van der Waals surface area contributed by atoms with Crippen molar-refractivity contribution in [1.29, 1.82) is 0 Å². The summed E-state index contributed by atoms with van der Waals surface area (Å²) in [6, 6.07) is 0. The van der Waals surface area contributed by atoms with Gasteiger partial charge in [0.1, 0.15) is 0 Å². The van der Waals surface area contributed by atoms with Crippen molar-refractivity contribution >= 4 is 23.9 Å². The van der Waals surface area contributed by atoms with Gasteiger partial charge in [0.2, 0.25) is 0 Å². The molecule has 0 saturated carbocycles. The van der Waals surface area contributed by atoms with E-state index >= 15 is 0 Å². The Balaban J connectivity index is 0. The molecule has 248 valence electrons. The van der Waals surface area contributed by atoms with E-state index in [1.807, 2.05) is 0 Å². The van der Waals surface area contributed by atoms with E-state index in [9.17, 15) is 19.2 Å². The van der Waals surface area contributed by atoms with Crippen LogP contribution in [0.25, 0.3) is 0 Å². The second-order valence-electron chi connectivity index (χ2n) is 11.2. The largest absolute Gasteiger partial charge is 0.355 e. The van der Waals surface area contributed by atoms with E-state index in [1.165, 1.54) is 64.2 Å². The molecule has 0 atom stereocenters. The van der Waals surface area contributed by atoms with Gasteiger partial charge in [-0.15, -0.1) is 0 Å². The van der Waals surface area contributed by atoms with Crippen LogP contribution in [0.15, 0.2) is 0 Å². The Labute approximate surface area is 257 Å². The SMILES string of the molecule is CCCCCCCC(=O)OOC(=O)CCCCCCC.CCCCCCCCC(=O)OOC(=O)CCCCCCCC. The summed E-state index contributed by atoms with van der Waals surface area (Å²) in [5.74, 6) is -1.76. The lowest BCUT2D eigenvalue weighted by atomic mass is 10.1. The molecule has 0 aromatic heterocycles. The standard InChI is InChI=1S/C18H34O4.C16H30O4/c1-3-5-7-9-11-13-15-17(19)21-22-18(20)16-14-12-10-8-6-4-2;1-3-5-7-9-11-13-15(17)19-20-16(18)14-12-10-8-6-4-2/h3-16H2,1-2H3;3-14H2,1-2H3. The van der Waals surface area contributed by atoms with Crippen molar-refractivity contribution in [2.45, 2.75) is 195 Å². The third kappa shape index (κ3) is 35.9. The number of carbonyl (C=O) groups is 4. The summed E-state index contributed by atoms with van der Waals surface area (Å²) in [5, 5.41) is 0. The molecule has 0 radical (unpaired) electrons. The maximum absolute atomic E-state index is 11.4. The van der Waals surface area contributed by atoms with Gasteiger partial charge in [-0.05, 0) is 25.7 Å². The zero-order valence-electron chi connectivity index (χ0n) is 27.7. The highest BCUT2D eigenvalue weighted by Crippen LogP contribution is 2.10. The summed E-state index contributed by atoms with van der Waals surface area (Å²) in [5.41, 5.74) is 0. The smallest absolute Gasteiger partial charge is 0.247 e. The second kappa shape index (κ2) is 35.1. The molecule has 8 heteroatoms. The van der Waals surface area contributed by atoms with Gasteiger partial charge < -0.3 is 0 Å². The molecular formula is C34H64O8. The van der Waals surface area contributed by atoms with Crippen LogP contribution in [-0.4, -0.2) is 23.9 Å². The van der Waals surface area contributed by atoms with Crippen molar-refractivity contribution in [2.24, 2.45) is 0 Å². The minimum Gasteiger partial charge on any atom is -0.247 e. The second-order valence-corrected chi connectivity index (χ2v) is 11.2. The first-order chi connectivity index (χ1) is 20.4. The van der Waals surface area contributed by atoms with E-state index in [-0.39, 0.29) is 0 Å². The molecule has 8 nitrogen and oxygen atoms in total. The zero-order chi connectivity index (χ0) is 31.5. The van der Waals surface area contributed by atoms with Crippen LogP contribution in [0.1, 0.15) is 195 Å². The molecule has 0 amide bonds. The van der Waals surface area contributed by atoms with Crippen LogP contribution in [-0.2, 0) is 38.7 Å². The van der Waals surface area contributed by atoms with Gasteiger partial charge in [-0.1, -0.05) is 143 Å². The van der Waals surface area contributed by atoms with Crippen molar-refractivity contribution in [1.82, 2.24) is 0 Å². The third-order valence-electron chi connectivity index (χ3n) is 6.89. The molecule has 0 heterocycles. The van der Waals surface area contributed by atoms with E-state index in [0.717, 1.165) is 77.0 Å². The fourth-order valence-corrected chi connectivity index (χ4v) is 4.20. The highest BCUT2D eigenvalue weighted by Gasteiger charge is 2.10. The molecule has 0 rings (SSSR count). The van der Waals surface area contributed by atoms with Crippen molar-refractivity contribution in [2.75, 3.05) is 0 Å². The molecule has 42 heavy (non-hydrogen) atoms. The molecule has 0 aromatic rings. The van der Waals surface area contributed by atoms with Gasteiger partial charge in [-0.3, -0.25) is 0 Å². The molecule has 0 aromatic carbocycles. The first-order valence-corrected chi connectivity index (χ1v) is 17.2. The van der Waals surface area contributed by atoms with Gasteiger partial charge in [0.25, 0.3) is 0 Å². The van der Waals surface area contributed by atoms with E-state index in [1.54, 1.807) is 0 Å². The Morgan fingerprint density at radius 2 is 0.452 bits per heavy atom. The summed E-state index contributed by atoms with van der Waals surface area (Å²) < 4.78 is 0. The lowest BCUT2D eigenvalue weighted by Gasteiger charge is -2.04. The molecule has 0 fully saturated rings. The maximum atomic E-state index is 11.4. The van der Waals surface area contributed by atoms with Crippen molar-refractivity contribution in [3.8, 4) is 0 Å². The van der Waals surface area contributed by atoms with E-state index in [4.69, 9.17) is 0 Å². The molecule has 0 saturated heterocycles. The van der Waals surface area contributed by atoms with Gasteiger partial charge in [-0.25, -0.2) is 38.7 Å². The highest BCUT2D eigenvalue weighted by atomic mass is 17.2. The van der Waals surface area contributed by atoms with Crippen LogP contribution in [0.5, 0.6) is 0 Å². The first-order valence-electron chi connectivity index (χ1n) is 17.2. The fraction of sp³-hybridized carbons (Fsp3) is 0.882. The van der Waals surface area contributed by atoms with Crippen LogP contribution < -0.4 is 0 Å². The predicted octanol–water partition coefficient (Wildman–Crippen LogP) is 10.2. The number of rotatable bonds is 26. The van der Waals surface area contributed by atoms with E-state index < -0.39 is 23.9 Å². The van der Waals surface area contributed by atoms with Crippen molar-refractivity contribution < 1.29 is 38.7 Å². The lowest BCUT2D eigenvalue weighted by Crippen LogP contribution is -2.11. The summed E-state index contributed by atoms with van der Waals surface area (Å²) in [6.45, 7) is 8.65. The Morgan fingerprint density at radius 3 is 0.643 bits per heavy atom. The summed E-state index contributed by atoms with van der Waals surface area (Å²) >= 11 is 0. The van der Waals surface area contributed by atoms with Crippen LogP contribution in [0.3, 0.4) is 0 Å². The van der Waals surface area contributed by atoms with Crippen LogP contribution in [0.2, 0.25) is 0 Å². The molecule has 0 unspecified atom stereocenters. The van der Waals surface area contributed by atoms with Crippen LogP contribution in [0, 0.1) is 0 Å². The molecule has 0 N–H and O–H groups in total. The van der Waals surface area contributed by atoms with Crippen molar-refractivity contribution in [3.63, 3.8) is 0 Å². The molecular weight excluding hydrogens is 536 g/mol. The highest BCUT2D eigenvalue weighted by molar-refractivity contribution is 5.73. The number of hydrogen-bond donors (Lipinski definition) is 0. The minimum atomic E-state index is -0.444. The summed E-state index contributed by atoms with van der Waals surface area (Å²) in [7, 11) is 0. The molecule has 0 aliphatic rings.